The minimum atomic E-state index is -0.353. The zero-order chi connectivity index (χ0) is 40.9. The molecule has 0 atom stereocenters. The van der Waals surface area contributed by atoms with Crippen LogP contribution >= 0.6 is 11.3 Å². The van der Waals surface area contributed by atoms with Crippen molar-refractivity contribution in [1.82, 2.24) is 0 Å². The zero-order valence-electron chi connectivity index (χ0n) is 32.9. The number of rotatable bonds is 8. The molecule has 0 aliphatic rings. The summed E-state index contributed by atoms with van der Waals surface area (Å²) in [5.41, 5.74) is 8.62. The van der Waals surface area contributed by atoms with E-state index in [1.165, 1.54) is 25.6 Å². The summed E-state index contributed by atoms with van der Waals surface area (Å²) in [6.45, 7) is 0. The smallest absolute Gasteiger partial charge is 0.148 e. The van der Waals surface area contributed by atoms with E-state index in [-0.39, 0.29) is 11.6 Å². The maximum Gasteiger partial charge on any atom is 0.148 e. The second-order valence-corrected chi connectivity index (χ2v) is 16.3. The first-order valence-electron chi connectivity index (χ1n) is 20.3. The molecule has 1 heterocycles. The first-order valence-corrected chi connectivity index (χ1v) is 21.2. The minimum Gasteiger partial charge on any atom is -0.508 e. The van der Waals surface area contributed by atoms with Crippen LogP contribution in [0.25, 0.3) is 64.0 Å². The lowest BCUT2D eigenvalue weighted by Crippen LogP contribution is -2.13. The molecule has 0 fully saturated rings. The molecule has 0 aliphatic heterocycles. The molecular formula is C56H37FN2OS. The maximum absolute atomic E-state index is 17.3. The number of anilines is 6. The second-order valence-electron chi connectivity index (χ2n) is 15.2. The molecule has 3 nitrogen and oxygen atoms in total. The number of halogens is 1. The summed E-state index contributed by atoms with van der Waals surface area (Å²) in [5.74, 6) is -0.212. The molecule has 11 aromatic rings. The summed E-state index contributed by atoms with van der Waals surface area (Å²) in [5, 5.41) is 17.4. The predicted octanol–water partition coefficient (Wildman–Crippen LogP) is 16.5. The molecule has 1 aromatic heterocycles. The van der Waals surface area contributed by atoms with Gasteiger partial charge < -0.3 is 14.9 Å². The number of aromatic hydroxyl groups is 1. The molecule has 0 saturated carbocycles. The molecule has 0 saturated heterocycles. The van der Waals surface area contributed by atoms with E-state index in [1.54, 1.807) is 18.2 Å². The van der Waals surface area contributed by atoms with E-state index in [0.29, 0.717) is 5.69 Å². The highest BCUT2D eigenvalue weighted by atomic mass is 32.1. The number of fused-ring (bicyclic) bond motifs is 8. The van der Waals surface area contributed by atoms with Gasteiger partial charge in [0.1, 0.15) is 11.6 Å². The van der Waals surface area contributed by atoms with Gasteiger partial charge in [0.15, 0.2) is 0 Å². The van der Waals surface area contributed by atoms with Gasteiger partial charge >= 0.3 is 0 Å². The number of nitrogens with zero attached hydrogens (tertiary/aromatic N) is 2. The van der Waals surface area contributed by atoms with Crippen LogP contribution in [0.5, 0.6) is 5.75 Å². The van der Waals surface area contributed by atoms with Crippen molar-refractivity contribution in [2.24, 2.45) is 0 Å². The largest absolute Gasteiger partial charge is 0.508 e. The SMILES string of the molecule is Oc1ccc(N(c2ccc3c(c2)c2ccccc2c2c4ccc(N(c5ccccc5)c5ccccc5)cc4sc32)c2c(F)cc(-c3ccccc3)cc2-c2ccccc2)cc1. The summed E-state index contributed by atoms with van der Waals surface area (Å²) in [6, 6.07) is 73.6. The third-order valence-electron chi connectivity index (χ3n) is 11.5. The van der Waals surface area contributed by atoms with Gasteiger partial charge in [-0.1, -0.05) is 133 Å². The Labute approximate surface area is 357 Å². The standard InChI is InChI=1S/C56H37FN2OS/c57-52-34-39(37-15-5-1-6-16-37)33-50(38-17-7-2-8-18-38)55(52)59(42-25-29-45(60)30-26-42)43-27-31-48-51(35-43)46-23-13-14-24-47(46)54-49-32-28-44(36-53(49)61-56(48)54)58(40-19-9-3-10-20-40)41-21-11-4-12-22-41/h1-36,60H. The number of hydrogen-bond acceptors (Lipinski definition) is 4. The van der Waals surface area contributed by atoms with E-state index in [4.69, 9.17) is 0 Å². The summed E-state index contributed by atoms with van der Waals surface area (Å²) in [4.78, 5) is 4.29. The number of phenols is 1. The summed E-state index contributed by atoms with van der Waals surface area (Å²) >= 11 is 1.81. The van der Waals surface area contributed by atoms with Crippen molar-refractivity contribution in [1.29, 1.82) is 0 Å². The fourth-order valence-corrected chi connectivity index (χ4v) is 10.1. The zero-order valence-corrected chi connectivity index (χ0v) is 33.7. The molecule has 1 N–H and O–H groups in total. The molecule has 0 amide bonds. The van der Waals surface area contributed by atoms with Crippen molar-refractivity contribution in [3.63, 3.8) is 0 Å². The van der Waals surface area contributed by atoms with E-state index >= 15 is 4.39 Å². The second kappa shape index (κ2) is 15.1. The van der Waals surface area contributed by atoms with Crippen LogP contribution in [0.4, 0.5) is 38.5 Å². The third-order valence-corrected chi connectivity index (χ3v) is 12.7. The molecule has 0 unspecified atom stereocenters. The van der Waals surface area contributed by atoms with Gasteiger partial charge in [-0.25, -0.2) is 4.39 Å². The van der Waals surface area contributed by atoms with Crippen molar-refractivity contribution in [2.45, 2.75) is 0 Å². The third kappa shape index (κ3) is 6.44. The van der Waals surface area contributed by atoms with Crippen LogP contribution in [0.2, 0.25) is 0 Å². The van der Waals surface area contributed by atoms with Crippen molar-refractivity contribution >= 4 is 87.2 Å². The van der Waals surface area contributed by atoms with E-state index in [1.807, 2.05) is 101 Å². The normalized spacial score (nSPS) is 11.4. The number of benzene rings is 10. The Kier molecular flexibility index (Phi) is 9.02. The van der Waals surface area contributed by atoms with Crippen LogP contribution in [0.3, 0.4) is 0 Å². The van der Waals surface area contributed by atoms with Crippen molar-refractivity contribution in [3.8, 4) is 28.0 Å². The number of thiophene rings is 1. The molecule has 0 bridgehead atoms. The van der Waals surface area contributed by atoms with Gasteiger partial charge in [-0.15, -0.1) is 11.3 Å². The fourth-order valence-electron chi connectivity index (χ4n) is 8.78. The Bertz CT molecular complexity index is 3330. The van der Waals surface area contributed by atoms with Gasteiger partial charge in [-0.2, -0.15) is 0 Å². The van der Waals surface area contributed by atoms with E-state index < -0.39 is 0 Å². The van der Waals surface area contributed by atoms with E-state index in [0.717, 1.165) is 66.8 Å². The maximum atomic E-state index is 17.3. The van der Waals surface area contributed by atoms with Crippen LogP contribution in [0, 0.1) is 5.82 Å². The molecular weight excluding hydrogens is 768 g/mol. The summed E-state index contributed by atoms with van der Waals surface area (Å²) < 4.78 is 19.7. The Hall–Kier alpha value is -7.73. The van der Waals surface area contributed by atoms with Crippen molar-refractivity contribution in [2.75, 3.05) is 9.80 Å². The van der Waals surface area contributed by atoms with Crippen LogP contribution < -0.4 is 9.80 Å². The van der Waals surface area contributed by atoms with Crippen LogP contribution in [0.15, 0.2) is 218 Å². The van der Waals surface area contributed by atoms with E-state index in [9.17, 15) is 5.11 Å². The van der Waals surface area contributed by atoms with Gasteiger partial charge in [0.2, 0.25) is 0 Å². The van der Waals surface area contributed by atoms with Gasteiger partial charge in [-0.05, 0) is 118 Å². The van der Waals surface area contributed by atoms with Crippen molar-refractivity contribution < 1.29 is 9.50 Å². The highest BCUT2D eigenvalue weighted by Crippen LogP contribution is 2.49. The molecule has 10 aromatic carbocycles. The van der Waals surface area contributed by atoms with Gasteiger partial charge in [0.25, 0.3) is 0 Å². The fraction of sp³-hybridized carbons (Fsp3) is 0. The van der Waals surface area contributed by atoms with E-state index in [2.05, 4.69) is 120 Å². The first kappa shape index (κ1) is 36.4. The lowest BCUT2D eigenvalue weighted by molar-refractivity contribution is 0.475. The lowest BCUT2D eigenvalue weighted by Gasteiger charge is -2.29. The molecule has 11 rings (SSSR count). The number of phenolic OH excluding ortho intramolecular Hbond substituents is 1. The van der Waals surface area contributed by atoms with Crippen LogP contribution in [0.1, 0.15) is 0 Å². The number of hydrogen-bond donors (Lipinski definition) is 1. The monoisotopic (exact) mass is 804 g/mol. The van der Waals surface area contributed by atoms with Gasteiger partial charge in [0.05, 0.1) is 5.69 Å². The Morgan fingerprint density at radius 3 is 1.56 bits per heavy atom. The Balaban J connectivity index is 1.14. The summed E-state index contributed by atoms with van der Waals surface area (Å²) in [7, 11) is 0. The first-order chi connectivity index (χ1) is 30.1. The summed E-state index contributed by atoms with van der Waals surface area (Å²) in [6.07, 6.45) is 0. The Morgan fingerprint density at radius 2 is 0.902 bits per heavy atom. The average molecular weight is 805 g/mol. The minimum absolute atomic E-state index is 0.141. The highest BCUT2D eigenvalue weighted by Gasteiger charge is 2.25. The molecule has 61 heavy (non-hydrogen) atoms. The topological polar surface area (TPSA) is 26.7 Å². The lowest BCUT2D eigenvalue weighted by atomic mass is 9.94. The quantitative estimate of drug-likeness (QED) is 0.155. The molecule has 0 radical (unpaired) electrons. The molecule has 290 valence electrons. The highest BCUT2D eigenvalue weighted by molar-refractivity contribution is 7.27. The number of para-hydroxylation sites is 2. The van der Waals surface area contributed by atoms with Crippen LogP contribution in [-0.2, 0) is 0 Å². The molecule has 0 aliphatic carbocycles. The Morgan fingerprint density at radius 1 is 0.377 bits per heavy atom. The van der Waals surface area contributed by atoms with Crippen molar-refractivity contribution in [3.05, 3.63) is 224 Å². The van der Waals surface area contributed by atoms with Gasteiger partial charge in [-0.3, -0.25) is 0 Å². The van der Waals surface area contributed by atoms with Crippen LogP contribution in [-0.4, -0.2) is 5.11 Å². The molecule has 0 spiro atoms. The average Bonchev–Trinajstić information content (AvgIpc) is 3.71. The van der Waals surface area contributed by atoms with Gasteiger partial charge in [0, 0.05) is 59.6 Å². The molecule has 5 heteroatoms. The predicted molar refractivity (Wildman–Crippen MR) is 256 cm³/mol.